The second-order valence-electron chi connectivity index (χ2n) is 11.6. The van der Waals surface area contributed by atoms with Crippen LogP contribution < -0.4 is 20.3 Å². The molecular formula is C34H38Cl2N6O5. The minimum atomic E-state index is -0.344. The maximum absolute atomic E-state index is 14.4. The van der Waals surface area contributed by atoms with Gasteiger partial charge in [-0.3, -0.25) is 23.9 Å². The molecule has 0 radical (unpaired) electrons. The summed E-state index contributed by atoms with van der Waals surface area (Å²) in [5, 5.41) is 4.39. The number of fused-ring (bicyclic) bond motifs is 1. The van der Waals surface area contributed by atoms with Gasteiger partial charge in [-0.15, -0.1) is 0 Å². The molecule has 1 saturated carbocycles. The first-order valence-corrected chi connectivity index (χ1v) is 16.3. The van der Waals surface area contributed by atoms with E-state index in [-0.39, 0.29) is 50.4 Å². The molecule has 2 aliphatic rings. The molecule has 13 heteroatoms. The van der Waals surface area contributed by atoms with Crippen molar-refractivity contribution in [2.75, 3.05) is 52.3 Å². The van der Waals surface area contributed by atoms with Gasteiger partial charge in [-0.25, -0.2) is 4.98 Å². The fraction of sp³-hybridized carbons (Fsp3) is 0.441. The predicted molar refractivity (Wildman–Crippen MR) is 183 cm³/mol. The summed E-state index contributed by atoms with van der Waals surface area (Å²) in [4.78, 5) is 52.1. The average Bonchev–Trinajstić information content (AvgIpc) is 3.51. The molecule has 3 heterocycles. The maximum atomic E-state index is 14.4. The zero-order valence-electron chi connectivity index (χ0n) is 26.8. The van der Waals surface area contributed by atoms with Crippen molar-refractivity contribution in [1.29, 1.82) is 0 Å². The Hall–Kier alpha value is -4.11. The Bertz CT molecular complexity index is 1780. The first-order valence-electron chi connectivity index (χ1n) is 15.6. The van der Waals surface area contributed by atoms with Gasteiger partial charge in [0.25, 0.3) is 11.5 Å². The monoisotopic (exact) mass is 680 g/mol. The number of allylic oxidation sites excluding steroid dienone is 1. The molecule has 2 fully saturated rings. The van der Waals surface area contributed by atoms with E-state index in [4.69, 9.17) is 37.7 Å². The van der Waals surface area contributed by atoms with E-state index in [1.807, 2.05) is 0 Å². The number of benzene rings is 1. The molecule has 0 spiro atoms. The highest BCUT2D eigenvalue weighted by molar-refractivity contribution is 6.41. The molecule has 47 heavy (non-hydrogen) atoms. The largest absolute Gasteiger partial charge is 0.495 e. The van der Waals surface area contributed by atoms with Crippen LogP contribution in [0.2, 0.25) is 10.0 Å². The molecule has 0 bridgehead atoms. The standard InChI is InChI=1S/C34H38Cl2N6O5/c1-5-8-28(44)41-14-11-40(12-15-41)13-16-42-32-22(20-37-34(39-32)38-25-10-7-9-21(25)17-23(43)6-2)18-24(33(42)45)29-30(35)26(46-3)19-27(47-4)31(29)36/h6,18-21,25H,2,7,9-17H2,1,3-4H3,(H,37,38,39). The summed E-state index contributed by atoms with van der Waals surface area (Å²) in [5.41, 5.74) is 0.643. The molecule has 1 N–H and O–H groups in total. The highest BCUT2D eigenvalue weighted by atomic mass is 35.5. The molecule has 2 aromatic heterocycles. The van der Waals surface area contributed by atoms with Crippen LogP contribution >= 0.6 is 23.2 Å². The van der Waals surface area contributed by atoms with Gasteiger partial charge >= 0.3 is 0 Å². The van der Waals surface area contributed by atoms with Crippen LogP contribution in [0.4, 0.5) is 5.95 Å². The number of rotatable bonds is 11. The summed E-state index contributed by atoms with van der Waals surface area (Å²) in [6.45, 7) is 8.47. The Labute approximate surface area is 283 Å². The molecule has 1 aromatic carbocycles. The van der Waals surface area contributed by atoms with Crippen molar-refractivity contribution in [3.05, 3.63) is 51.4 Å². The molecule has 248 valence electrons. The number of hydrogen-bond acceptors (Lipinski definition) is 9. The lowest BCUT2D eigenvalue weighted by molar-refractivity contribution is -0.126. The van der Waals surface area contributed by atoms with Gasteiger partial charge in [0.15, 0.2) is 5.78 Å². The van der Waals surface area contributed by atoms with E-state index in [0.29, 0.717) is 74.2 Å². The van der Waals surface area contributed by atoms with Gasteiger partial charge < -0.3 is 19.7 Å². The van der Waals surface area contributed by atoms with Crippen LogP contribution in [-0.2, 0) is 16.1 Å². The summed E-state index contributed by atoms with van der Waals surface area (Å²) < 4.78 is 12.5. The molecule has 11 nitrogen and oxygen atoms in total. The van der Waals surface area contributed by atoms with Crippen LogP contribution in [0.1, 0.15) is 32.6 Å². The van der Waals surface area contributed by atoms with E-state index in [1.54, 1.807) is 34.7 Å². The van der Waals surface area contributed by atoms with Gasteiger partial charge in [0.2, 0.25) is 5.95 Å². The fourth-order valence-corrected chi connectivity index (χ4v) is 7.02. The number of hydrogen-bond donors (Lipinski definition) is 1. The summed E-state index contributed by atoms with van der Waals surface area (Å²) in [5.74, 6) is 6.24. The number of nitrogens with one attached hydrogen (secondary N) is 1. The number of anilines is 1. The Morgan fingerprint density at radius 1 is 1.09 bits per heavy atom. The number of methoxy groups -OCH3 is 2. The summed E-state index contributed by atoms with van der Waals surface area (Å²) in [7, 11) is 2.95. The predicted octanol–water partition coefficient (Wildman–Crippen LogP) is 4.68. The van der Waals surface area contributed by atoms with E-state index in [9.17, 15) is 14.4 Å². The van der Waals surface area contributed by atoms with Crippen LogP contribution in [0, 0.1) is 17.8 Å². The lowest BCUT2D eigenvalue weighted by Gasteiger charge is -2.33. The van der Waals surface area contributed by atoms with Gasteiger partial charge in [0, 0.05) is 74.9 Å². The first-order chi connectivity index (χ1) is 22.7. The number of nitrogens with zero attached hydrogens (tertiary/aromatic N) is 5. The number of halogens is 2. The molecule has 1 aliphatic heterocycles. The van der Waals surface area contributed by atoms with Crippen LogP contribution in [0.15, 0.2) is 35.8 Å². The van der Waals surface area contributed by atoms with Crippen molar-refractivity contribution >= 4 is 51.9 Å². The zero-order valence-corrected chi connectivity index (χ0v) is 28.3. The lowest BCUT2D eigenvalue weighted by Crippen LogP contribution is -2.49. The Balaban J connectivity index is 1.53. The Kier molecular flexibility index (Phi) is 11.1. The molecule has 1 amide bonds. The second-order valence-corrected chi connectivity index (χ2v) is 12.4. The summed E-state index contributed by atoms with van der Waals surface area (Å²) in [6.07, 6.45) is 6.25. The minimum absolute atomic E-state index is 0.0134. The molecule has 2 atom stereocenters. The number of ketones is 1. The smallest absolute Gasteiger partial charge is 0.298 e. The van der Waals surface area contributed by atoms with Crippen molar-refractivity contribution in [3.8, 4) is 34.5 Å². The molecule has 1 aliphatic carbocycles. The summed E-state index contributed by atoms with van der Waals surface area (Å²) >= 11 is 13.5. The van der Waals surface area contributed by atoms with Gasteiger partial charge in [0.05, 0.1) is 29.8 Å². The van der Waals surface area contributed by atoms with Gasteiger partial charge in [-0.2, -0.15) is 4.98 Å². The van der Waals surface area contributed by atoms with E-state index in [0.717, 1.165) is 19.3 Å². The quantitative estimate of drug-likeness (QED) is 0.228. The maximum Gasteiger partial charge on any atom is 0.298 e. The number of piperazine rings is 1. The SMILES string of the molecule is C=CC(=O)CC1CCCC1Nc1ncc2cc(-c3c(Cl)c(OC)cc(OC)c3Cl)c(=O)n(CCN3CCN(C(=O)C#CC)CC3)c2n1. The number of carbonyl (C=O) groups excluding carboxylic acids is 2. The fourth-order valence-electron chi connectivity index (χ4n) is 6.32. The van der Waals surface area contributed by atoms with E-state index < -0.39 is 0 Å². The highest BCUT2D eigenvalue weighted by Gasteiger charge is 2.30. The molecule has 1 saturated heterocycles. The second kappa shape index (κ2) is 15.2. The number of ether oxygens (including phenoxy) is 2. The number of aromatic nitrogens is 3. The zero-order chi connectivity index (χ0) is 33.7. The lowest BCUT2D eigenvalue weighted by atomic mass is 9.97. The minimum Gasteiger partial charge on any atom is -0.495 e. The third-order valence-corrected chi connectivity index (χ3v) is 9.62. The third kappa shape index (κ3) is 7.40. The third-order valence-electron chi connectivity index (χ3n) is 8.87. The Morgan fingerprint density at radius 3 is 2.43 bits per heavy atom. The average molecular weight is 682 g/mol. The number of amides is 1. The van der Waals surface area contributed by atoms with Gasteiger partial charge in [-0.05, 0) is 43.7 Å². The normalized spacial score (nSPS) is 18.0. The molecule has 5 rings (SSSR count). The topological polar surface area (TPSA) is 119 Å². The van der Waals surface area contributed by atoms with Gasteiger partial charge in [-0.1, -0.05) is 42.1 Å². The van der Waals surface area contributed by atoms with Crippen LogP contribution in [0.25, 0.3) is 22.2 Å². The van der Waals surface area contributed by atoms with Crippen molar-refractivity contribution < 1.29 is 19.1 Å². The van der Waals surface area contributed by atoms with Gasteiger partial charge in [0.1, 0.15) is 17.1 Å². The Morgan fingerprint density at radius 2 is 1.79 bits per heavy atom. The molecule has 2 unspecified atom stereocenters. The van der Waals surface area contributed by atoms with E-state index >= 15 is 0 Å². The van der Waals surface area contributed by atoms with E-state index in [1.165, 1.54) is 20.3 Å². The summed E-state index contributed by atoms with van der Waals surface area (Å²) in [6, 6.07) is 3.28. The van der Waals surface area contributed by atoms with Crippen LogP contribution in [-0.4, -0.2) is 89.0 Å². The molecule has 3 aromatic rings. The van der Waals surface area contributed by atoms with Crippen molar-refractivity contribution in [2.45, 2.75) is 45.2 Å². The first kappa shape index (κ1) is 34.2. The highest BCUT2D eigenvalue weighted by Crippen LogP contribution is 2.45. The van der Waals surface area contributed by atoms with Crippen LogP contribution in [0.3, 0.4) is 0 Å². The van der Waals surface area contributed by atoms with E-state index in [2.05, 4.69) is 33.6 Å². The van der Waals surface area contributed by atoms with Crippen LogP contribution in [0.5, 0.6) is 11.5 Å². The number of pyridine rings is 1. The van der Waals surface area contributed by atoms with Crippen molar-refractivity contribution in [1.82, 2.24) is 24.3 Å². The van der Waals surface area contributed by atoms with Crippen molar-refractivity contribution in [3.63, 3.8) is 0 Å². The number of carbonyl (C=O) groups is 2. The molecular weight excluding hydrogens is 643 g/mol. The van der Waals surface area contributed by atoms with Crippen molar-refractivity contribution in [2.24, 2.45) is 5.92 Å².